The summed E-state index contributed by atoms with van der Waals surface area (Å²) in [5, 5.41) is 11.4. The molecular formula is C18H23NO. The largest absolute Gasteiger partial charge is 0.393 e. The number of pyridine rings is 1. The van der Waals surface area contributed by atoms with Gasteiger partial charge in [0.2, 0.25) is 0 Å². The van der Waals surface area contributed by atoms with Crippen molar-refractivity contribution in [2.45, 2.75) is 45.1 Å². The molecular weight excluding hydrogens is 246 g/mol. The quantitative estimate of drug-likeness (QED) is 0.914. The van der Waals surface area contributed by atoms with Crippen molar-refractivity contribution in [3.8, 4) is 0 Å². The Hall–Kier alpha value is -1.41. The Morgan fingerprint density at radius 1 is 1.25 bits per heavy atom. The van der Waals surface area contributed by atoms with Crippen LogP contribution >= 0.6 is 0 Å². The molecule has 0 amide bonds. The highest BCUT2D eigenvalue weighted by Gasteiger charge is 2.28. The molecule has 20 heavy (non-hydrogen) atoms. The maximum atomic E-state index is 10.2. The summed E-state index contributed by atoms with van der Waals surface area (Å²) in [6.45, 7) is 2.27. The Balaban J connectivity index is 1.77. The zero-order chi connectivity index (χ0) is 13.9. The summed E-state index contributed by atoms with van der Waals surface area (Å²) >= 11 is 0. The van der Waals surface area contributed by atoms with Crippen molar-refractivity contribution in [1.82, 2.24) is 4.98 Å². The molecule has 0 saturated heterocycles. The molecule has 2 aromatic rings. The van der Waals surface area contributed by atoms with Crippen molar-refractivity contribution in [3.05, 3.63) is 42.1 Å². The molecule has 2 nitrogen and oxygen atoms in total. The molecule has 1 aromatic carbocycles. The van der Waals surface area contributed by atoms with Crippen LogP contribution in [0, 0.1) is 11.8 Å². The second kappa shape index (κ2) is 5.92. The van der Waals surface area contributed by atoms with E-state index in [9.17, 15) is 5.11 Å². The molecule has 3 unspecified atom stereocenters. The second-order valence-electron chi connectivity index (χ2n) is 6.15. The molecule has 2 heteroatoms. The molecule has 1 aromatic heterocycles. The van der Waals surface area contributed by atoms with Gasteiger partial charge in [0.15, 0.2) is 0 Å². The molecule has 1 N–H and O–H groups in total. The summed E-state index contributed by atoms with van der Waals surface area (Å²) in [4.78, 5) is 4.36. The van der Waals surface area contributed by atoms with E-state index in [-0.39, 0.29) is 6.10 Å². The van der Waals surface area contributed by atoms with Crippen LogP contribution in [-0.2, 0) is 6.42 Å². The smallest absolute Gasteiger partial charge is 0.0702 e. The highest BCUT2D eigenvalue weighted by molar-refractivity contribution is 5.78. The molecule has 1 aliphatic carbocycles. The van der Waals surface area contributed by atoms with Crippen LogP contribution in [0.15, 0.2) is 36.5 Å². The van der Waals surface area contributed by atoms with Crippen LogP contribution in [0.2, 0.25) is 0 Å². The Morgan fingerprint density at radius 3 is 3.00 bits per heavy atom. The highest BCUT2D eigenvalue weighted by Crippen LogP contribution is 2.33. The van der Waals surface area contributed by atoms with Gasteiger partial charge in [0.05, 0.1) is 11.6 Å². The van der Waals surface area contributed by atoms with Crippen molar-refractivity contribution in [2.24, 2.45) is 11.8 Å². The fourth-order valence-corrected chi connectivity index (χ4v) is 3.49. The number of hydrogen-bond acceptors (Lipinski definition) is 2. The van der Waals surface area contributed by atoms with E-state index < -0.39 is 0 Å². The lowest BCUT2D eigenvalue weighted by atomic mass is 9.76. The van der Waals surface area contributed by atoms with E-state index in [1.54, 1.807) is 0 Å². The Kier molecular flexibility index (Phi) is 4.02. The van der Waals surface area contributed by atoms with E-state index >= 15 is 0 Å². The maximum Gasteiger partial charge on any atom is 0.0702 e. The van der Waals surface area contributed by atoms with Gasteiger partial charge in [-0.05, 0) is 61.3 Å². The number of hydrogen-bond donors (Lipinski definition) is 1. The number of aromatic nitrogens is 1. The Labute approximate surface area is 120 Å². The Morgan fingerprint density at radius 2 is 2.15 bits per heavy atom. The molecule has 1 fully saturated rings. The van der Waals surface area contributed by atoms with Crippen molar-refractivity contribution >= 4 is 10.9 Å². The van der Waals surface area contributed by atoms with Crippen molar-refractivity contribution in [1.29, 1.82) is 0 Å². The molecule has 0 radical (unpaired) electrons. The zero-order valence-electron chi connectivity index (χ0n) is 12.1. The summed E-state index contributed by atoms with van der Waals surface area (Å²) in [6, 6.07) is 10.6. The van der Waals surface area contributed by atoms with Gasteiger partial charge in [-0.1, -0.05) is 25.5 Å². The topological polar surface area (TPSA) is 33.1 Å². The number of fused-ring (bicyclic) bond motifs is 1. The van der Waals surface area contributed by atoms with E-state index in [1.807, 2.05) is 12.3 Å². The highest BCUT2D eigenvalue weighted by atomic mass is 16.3. The first kappa shape index (κ1) is 13.6. The standard InChI is InChI=1S/C18H23NO/c1-2-13-6-8-18(20)16(10-13)12-14-5-7-17-15(11-14)4-3-9-19-17/h3-5,7,9,11,13,16,18,20H,2,6,8,10,12H2,1H3. The number of benzene rings is 1. The predicted octanol–water partition coefficient (Wildman–Crippen LogP) is 3.96. The minimum Gasteiger partial charge on any atom is -0.393 e. The Bertz CT molecular complexity index is 580. The van der Waals surface area contributed by atoms with Gasteiger partial charge in [-0.15, -0.1) is 0 Å². The lowest BCUT2D eigenvalue weighted by Gasteiger charge is -2.33. The summed E-state index contributed by atoms with van der Waals surface area (Å²) in [5.41, 5.74) is 2.37. The lowest BCUT2D eigenvalue weighted by Crippen LogP contribution is -2.30. The van der Waals surface area contributed by atoms with E-state index in [0.29, 0.717) is 5.92 Å². The van der Waals surface area contributed by atoms with Gasteiger partial charge in [-0.2, -0.15) is 0 Å². The summed E-state index contributed by atoms with van der Waals surface area (Å²) in [5.74, 6) is 1.22. The van der Waals surface area contributed by atoms with Crippen molar-refractivity contribution in [3.63, 3.8) is 0 Å². The first-order valence-corrected chi connectivity index (χ1v) is 7.78. The van der Waals surface area contributed by atoms with Gasteiger partial charge in [-0.3, -0.25) is 4.98 Å². The fraction of sp³-hybridized carbons (Fsp3) is 0.500. The lowest BCUT2D eigenvalue weighted by molar-refractivity contribution is 0.0475. The van der Waals surface area contributed by atoms with E-state index in [2.05, 4.69) is 36.2 Å². The molecule has 3 atom stereocenters. The van der Waals surface area contributed by atoms with Gasteiger partial charge in [0, 0.05) is 11.6 Å². The summed E-state index contributed by atoms with van der Waals surface area (Å²) < 4.78 is 0. The first-order chi connectivity index (χ1) is 9.76. The van der Waals surface area contributed by atoms with Gasteiger partial charge in [-0.25, -0.2) is 0 Å². The van der Waals surface area contributed by atoms with Gasteiger partial charge < -0.3 is 5.11 Å². The van der Waals surface area contributed by atoms with Crippen molar-refractivity contribution in [2.75, 3.05) is 0 Å². The molecule has 0 bridgehead atoms. The second-order valence-corrected chi connectivity index (χ2v) is 6.15. The van der Waals surface area contributed by atoms with Crippen LogP contribution in [0.5, 0.6) is 0 Å². The van der Waals surface area contributed by atoms with Crippen LogP contribution in [-0.4, -0.2) is 16.2 Å². The number of aliphatic hydroxyl groups excluding tert-OH is 1. The SMILES string of the molecule is CCC1CCC(O)C(Cc2ccc3ncccc3c2)C1. The first-order valence-electron chi connectivity index (χ1n) is 7.78. The van der Waals surface area contributed by atoms with Crippen LogP contribution < -0.4 is 0 Å². The average molecular weight is 269 g/mol. The minimum atomic E-state index is -0.123. The third-order valence-corrected chi connectivity index (χ3v) is 4.79. The third-order valence-electron chi connectivity index (χ3n) is 4.79. The van der Waals surface area contributed by atoms with Crippen molar-refractivity contribution < 1.29 is 5.11 Å². The van der Waals surface area contributed by atoms with Crippen LogP contribution in [0.25, 0.3) is 10.9 Å². The monoisotopic (exact) mass is 269 g/mol. The summed E-state index contributed by atoms with van der Waals surface area (Å²) in [6.07, 6.45) is 7.27. The molecule has 1 aliphatic rings. The molecule has 1 saturated carbocycles. The zero-order valence-corrected chi connectivity index (χ0v) is 12.1. The number of nitrogens with zero attached hydrogens (tertiary/aromatic N) is 1. The maximum absolute atomic E-state index is 10.2. The van der Waals surface area contributed by atoms with E-state index in [0.717, 1.165) is 24.3 Å². The van der Waals surface area contributed by atoms with E-state index in [1.165, 1.54) is 30.2 Å². The average Bonchev–Trinajstić information content (AvgIpc) is 2.49. The minimum absolute atomic E-state index is 0.123. The molecule has 0 aliphatic heterocycles. The van der Waals surface area contributed by atoms with Gasteiger partial charge in [0.1, 0.15) is 0 Å². The number of aliphatic hydroxyl groups is 1. The molecule has 106 valence electrons. The molecule has 1 heterocycles. The van der Waals surface area contributed by atoms with E-state index in [4.69, 9.17) is 0 Å². The number of rotatable bonds is 3. The van der Waals surface area contributed by atoms with Crippen LogP contribution in [0.1, 0.15) is 38.2 Å². The van der Waals surface area contributed by atoms with Gasteiger partial charge >= 0.3 is 0 Å². The normalized spacial score (nSPS) is 26.8. The molecule has 0 spiro atoms. The predicted molar refractivity (Wildman–Crippen MR) is 82.6 cm³/mol. The third kappa shape index (κ3) is 2.85. The van der Waals surface area contributed by atoms with Gasteiger partial charge in [0.25, 0.3) is 0 Å². The fourth-order valence-electron chi connectivity index (χ4n) is 3.49. The van der Waals surface area contributed by atoms with Crippen LogP contribution in [0.3, 0.4) is 0 Å². The van der Waals surface area contributed by atoms with Crippen LogP contribution in [0.4, 0.5) is 0 Å². The summed E-state index contributed by atoms with van der Waals surface area (Å²) in [7, 11) is 0. The molecule has 3 rings (SSSR count).